The topological polar surface area (TPSA) is 9.23 Å². The van der Waals surface area contributed by atoms with Gasteiger partial charge in [-0.1, -0.05) is 50.5 Å². The van der Waals surface area contributed by atoms with Crippen molar-refractivity contribution < 1.29 is 4.74 Å². The van der Waals surface area contributed by atoms with E-state index >= 15 is 0 Å². The van der Waals surface area contributed by atoms with Crippen molar-refractivity contribution in [1.82, 2.24) is 0 Å². The minimum Gasteiger partial charge on any atom is -0.385 e. The second-order valence-corrected chi connectivity index (χ2v) is 6.47. The lowest BCUT2D eigenvalue weighted by atomic mass is 9.92. The van der Waals surface area contributed by atoms with Crippen molar-refractivity contribution in [3.63, 3.8) is 0 Å². The van der Waals surface area contributed by atoms with Crippen LogP contribution in [-0.2, 0) is 4.74 Å². The molecule has 0 aromatic rings. The molecule has 0 bridgehead atoms. The van der Waals surface area contributed by atoms with Gasteiger partial charge in [-0.05, 0) is 63.2 Å². The van der Waals surface area contributed by atoms with E-state index in [0.29, 0.717) is 0 Å². The smallest absolute Gasteiger partial charge is 0.0462 e. The van der Waals surface area contributed by atoms with E-state index in [1.807, 2.05) is 0 Å². The predicted octanol–water partition coefficient (Wildman–Crippen LogP) is 6.30. The van der Waals surface area contributed by atoms with Gasteiger partial charge in [0.2, 0.25) is 0 Å². The van der Waals surface area contributed by atoms with Gasteiger partial charge in [0.25, 0.3) is 0 Å². The SMILES string of the molecule is CCCCCC=CC[C@H]1CCC[C@@H]1C=CCCCCOC. The molecule has 1 nitrogen and oxygen atoms in total. The van der Waals surface area contributed by atoms with Crippen molar-refractivity contribution >= 4 is 0 Å². The van der Waals surface area contributed by atoms with Crippen LogP contribution in [0.5, 0.6) is 0 Å². The molecule has 1 aliphatic carbocycles. The first-order valence-electron chi connectivity index (χ1n) is 9.19. The molecular weight excluding hydrogens is 256 g/mol. The maximum absolute atomic E-state index is 5.09. The molecule has 122 valence electrons. The van der Waals surface area contributed by atoms with Crippen LogP contribution in [0.1, 0.15) is 77.6 Å². The van der Waals surface area contributed by atoms with Crippen molar-refractivity contribution in [3.05, 3.63) is 24.3 Å². The van der Waals surface area contributed by atoms with E-state index in [0.717, 1.165) is 18.4 Å². The maximum atomic E-state index is 5.09. The summed E-state index contributed by atoms with van der Waals surface area (Å²) in [5, 5.41) is 0. The molecule has 1 saturated carbocycles. The van der Waals surface area contributed by atoms with E-state index in [1.165, 1.54) is 70.6 Å². The lowest BCUT2D eigenvalue weighted by molar-refractivity contribution is 0.193. The van der Waals surface area contributed by atoms with Crippen LogP contribution in [-0.4, -0.2) is 13.7 Å². The molecule has 0 unspecified atom stereocenters. The van der Waals surface area contributed by atoms with E-state index in [1.54, 1.807) is 7.11 Å². The zero-order valence-electron chi connectivity index (χ0n) is 14.4. The van der Waals surface area contributed by atoms with Crippen LogP contribution >= 0.6 is 0 Å². The lowest BCUT2D eigenvalue weighted by Gasteiger charge is -2.14. The molecule has 0 N–H and O–H groups in total. The Bertz CT molecular complexity index is 280. The molecule has 1 fully saturated rings. The van der Waals surface area contributed by atoms with Crippen LogP contribution < -0.4 is 0 Å². The lowest BCUT2D eigenvalue weighted by Crippen LogP contribution is -2.03. The van der Waals surface area contributed by atoms with Crippen LogP contribution in [0.15, 0.2) is 24.3 Å². The number of hydrogen-bond donors (Lipinski definition) is 0. The Labute approximate surface area is 132 Å². The fourth-order valence-corrected chi connectivity index (χ4v) is 3.29. The van der Waals surface area contributed by atoms with Crippen LogP contribution in [0.25, 0.3) is 0 Å². The average molecular weight is 293 g/mol. The highest BCUT2D eigenvalue weighted by molar-refractivity contribution is 4.97. The minimum atomic E-state index is 0.840. The molecule has 0 radical (unpaired) electrons. The van der Waals surface area contributed by atoms with Crippen LogP contribution in [0.2, 0.25) is 0 Å². The summed E-state index contributed by atoms with van der Waals surface area (Å²) >= 11 is 0. The molecule has 2 atom stereocenters. The molecule has 1 rings (SSSR count). The summed E-state index contributed by atoms with van der Waals surface area (Å²) in [5.41, 5.74) is 0. The fraction of sp³-hybridized carbons (Fsp3) is 0.800. The number of unbranched alkanes of at least 4 members (excludes halogenated alkanes) is 5. The summed E-state index contributed by atoms with van der Waals surface area (Å²) < 4.78 is 5.09. The van der Waals surface area contributed by atoms with Crippen molar-refractivity contribution in [2.45, 2.75) is 77.6 Å². The molecule has 21 heavy (non-hydrogen) atoms. The molecule has 1 heteroatoms. The van der Waals surface area contributed by atoms with Gasteiger partial charge < -0.3 is 4.74 Å². The Kier molecular flexibility index (Phi) is 11.6. The highest BCUT2D eigenvalue weighted by Crippen LogP contribution is 2.35. The summed E-state index contributed by atoms with van der Waals surface area (Å²) in [6, 6.07) is 0. The molecule has 1 aliphatic rings. The highest BCUT2D eigenvalue weighted by Gasteiger charge is 2.23. The van der Waals surface area contributed by atoms with Crippen molar-refractivity contribution in [3.8, 4) is 0 Å². The quantitative estimate of drug-likeness (QED) is 0.303. The van der Waals surface area contributed by atoms with E-state index in [-0.39, 0.29) is 0 Å². The Morgan fingerprint density at radius 2 is 1.76 bits per heavy atom. The monoisotopic (exact) mass is 292 g/mol. The Morgan fingerprint density at radius 1 is 0.952 bits per heavy atom. The van der Waals surface area contributed by atoms with Gasteiger partial charge in [-0.3, -0.25) is 0 Å². The van der Waals surface area contributed by atoms with E-state index < -0.39 is 0 Å². The summed E-state index contributed by atoms with van der Waals surface area (Å²) in [5.74, 6) is 1.75. The van der Waals surface area contributed by atoms with Gasteiger partial charge >= 0.3 is 0 Å². The predicted molar refractivity (Wildman–Crippen MR) is 93.6 cm³/mol. The molecule has 0 heterocycles. The van der Waals surface area contributed by atoms with Crippen molar-refractivity contribution in [1.29, 1.82) is 0 Å². The largest absolute Gasteiger partial charge is 0.385 e. The van der Waals surface area contributed by atoms with E-state index in [9.17, 15) is 0 Å². The van der Waals surface area contributed by atoms with Gasteiger partial charge in [-0.15, -0.1) is 0 Å². The van der Waals surface area contributed by atoms with E-state index in [4.69, 9.17) is 4.74 Å². The molecule has 0 aromatic carbocycles. The summed E-state index contributed by atoms with van der Waals surface area (Å²) in [6.45, 7) is 3.18. The molecule has 0 spiro atoms. The number of allylic oxidation sites excluding steroid dienone is 4. The van der Waals surface area contributed by atoms with Crippen molar-refractivity contribution in [2.24, 2.45) is 11.8 Å². The highest BCUT2D eigenvalue weighted by atomic mass is 16.5. The van der Waals surface area contributed by atoms with Gasteiger partial charge in [0.05, 0.1) is 0 Å². The summed E-state index contributed by atoms with van der Waals surface area (Å²) in [4.78, 5) is 0. The normalized spacial score (nSPS) is 22.8. The van der Waals surface area contributed by atoms with Gasteiger partial charge in [0.15, 0.2) is 0 Å². The maximum Gasteiger partial charge on any atom is 0.0462 e. The van der Waals surface area contributed by atoms with Gasteiger partial charge in [0.1, 0.15) is 0 Å². The Hall–Kier alpha value is -0.560. The number of methoxy groups -OCH3 is 1. The second kappa shape index (κ2) is 13.1. The first-order chi connectivity index (χ1) is 10.4. The summed E-state index contributed by atoms with van der Waals surface area (Å²) in [6.07, 6.45) is 24.4. The van der Waals surface area contributed by atoms with Crippen LogP contribution in [0.3, 0.4) is 0 Å². The number of rotatable bonds is 12. The van der Waals surface area contributed by atoms with Gasteiger partial charge in [-0.25, -0.2) is 0 Å². The van der Waals surface area contributed by atoms with Crippen LogP contribution in [0.4, 0.5) is 0 Å². The molecular formula is C20H36O. The Balaban J connectivity index is 2.14. The number of ether oxygens (including phenoxy) is 1. The fourth-order valence-electron chi connectivity index (χ4n) is 3.29. The Morgan fingerprint density at radius 3 is 2.57 bits per heavy atom. The van der Waals surface area contributed by atoms with Crippen LogP contribution in [0, 0.1) is 11.8 Å². The second-order valence-electron chi connectivity index (χ2n) is 6.47. The van der Waals surface area contributed by atoms with Gasteiger partial charge in [-0.2, -0.15) is 0 Å². The first-order valence-corrected chi connectivity index (χ1v) is 9.19. The van der Waals surface area contributed by atoms with Crippen molar-refractivity contribution in [2.75, 3.05) is 13.7 Å². The van der Waals surface area contributed by atoms with Gasteiger partial charge in [0, 0.05) is 13.7 Å². The standard InChI is InChI=1S/C20H36O/c1-3-4-5-6-7-10-14-19-16-13-17-20(19)15-11-8-9-12-18-21-2/h7,10-11,15,19-20H,3-6,8-9,12-14,16-18H2,1-2H3/t19-,20-/m0/s1. The third-order valence-electron chi connectivity index (χ3n) is 4.65. The number of hydrogen-bond acceptors (Lipinski definition) is 1. The molecule has 0 aliphatic heterocycles. The third-order valence-corrected chi connectivity index (χ3v) is 4.65. The zero-order chi connectivity index (χ0) is 15.2. The average Bonchev–Trinajstić information content (AvgIpc) is 2.94. The first kappa shape index (κ1) is 18.5. The third kappa shape index (κ3) is 9.14. The van der Waals surface area contributed by atoms with E-state index in [2.05, 4.69) is 31.2 Å². The molecule has 0 amide bonds. The summed E-state index contributed by atoms with van der Waals surface area (Å²) in [7, 11) is 1.79. The minimum absolute atomic E-state index is 0.840. The zero-order valence-corrected chi connectivity index (χ0v) is 14.4. The molecule has 0 aromatic heterocycles. The molecule has 0 saturated heterocycles.